The number of benzene rings is 1. The summed E-state index contributed by atoms with van der Waals surface area (Å²) < 4.78 is 11.0. The van der Waals surface area contributed by atoms with E-state index >= 15 is 0 Å². The second-order valence-electron chi connectivity index (χ2n) is 7.23. The van der Waals surface area contributed by atoms with Gasteiger partial charge >= 0.3 is 12.2 Å². The molecule has 1 aliphatic rings. The fourth-order valence-corrected chi connectivity index (χ4v) is 3.07. The summed E-state index contributed by atoms with van der Waals surface area (Å²) in [5.74, 6) is 0.0747. The van der Waals surface area contributed by atoms with Crippen molar-refractivity contribution >= 4 is 52.8 Å². The Morgan fingerprint density at radius 1 is 1.09 bits per heavy atom. The molecule has 0 spiro atoms. The number of halogens is 2. The lowest BCUT2D eigenvalue weighted by atomic mass is 10.00. The van der Waals surface area contributed by atoms with Gasteiger partial charge < -0.3 is 14.8 Å². The van der Waals surface area contributed by atoms with Gasteiger partial charge in [0.15, 0.2) is 0 Å². The van der Waals surface area contributed by atoms with Crippen molar-refractivity contribution in [3.63, 3.8) is 0 Å². The van der Waals surface area contributed by atoms with Crippen molar-refractivity contribution in [2.45, 2.75) is 31.6 Å². The minimum absolute atomic E-state index is 0.0442. The first-order chi connectivity index (χ1) is 15.4. The number of ether oxygens (including phenoxy) is 2. The number of hydrogen-bond donors (Lipinski definition) is 2. The highest BCUT2D eigenvalue weighted by Crippen LogP contribution is 2.40. The van der Waals surface area contributed by atoms with Crippen LogP contribution in [0.25, 0.3) is 0 Å². The Labute approximate surface area is 195 Å². The Hall–Kier alpha value is -2.78. The third kappa shape index (κ3) is 6.37. The summed E-state index contributed by atoms with van der Waals surface area (Å²) >= 11 is 11.1. The molecule has 2 amide bonds. The van der Waals surface area contributed by atoms with E-state index in [0.29, 0.717) is 11.6 Å². The van der Waals surface area contributed by atoms with E-state index in [4.69, 9.17) is 32.7 Å². The molecule has 0 bridgehead atoms. The summed E-state index contributed by atoms with van der Waals surface area (Å²) in [7, 11) is 0. The molecule has 1 saturated carbocycles. The van der Waals surface area contributed by atoms with Gasteiger partial charge in [-0.15, -0.1) is 27.9 Å². The average molecular weight is 483 g/mol. The summed E-state index contributed by atoms with van der Waals surface area (Å²) in [5.41, 5.74) is 1.99. The van der Waals surface area contributed by atoms with E-state index in [0.717, 1.165) is 28.8 Å². The quantitative estimate of drug-likeness (QED) is 0.508. The van der Waals surface area contributed by atoms with E-state index in [1.165, 1.54) is 0 Å². The molecule has 2 N–H and O–H groups in total. The van der Waals surface area contributed by atoms with E-state index in [1.807, 2.05) is 0 Å². The van der Waals surface area contributed by atoms with Crippen molar-refractivity contribution in [2.75, 3.05) is 35.6 Å². The zero-order chi connectivity index (χ0) is 23.1. The number of rotatable bonds is 9. The lowest BCUT2D eigenvalue weighted by Crippen LogP contribution is -2.24. The molecule has 0 saturated heterocycles. The number of carbonyl (C=O) groups excluding carboxylic acids is 3. The molecule has 11 heteroatoms. The maximum atomic E-state index is 12.8. The van der Waals surface area contributed by atoms with Gasteiger partial charge in [-0.3, -0.25) is 10.1 Å². The standard InChI is InChI=1S/C21H24Cl2N4O5/c1-13(14-4-6-16(7-5-14)24-20(29)31-10-8-22)19(28)25-18-12-17(15-2-3-15)26-27(18)21(30)32-11-9-23/h4-7,12-13,15H,2-3,8-11H2,1H3,(H,24,29)(H,25,28)/t13-/m1/s1. The average Bonchev–Trinajstić information content (AvgIpc) is 3.56. The molecule has 1 aliphatic carbocycles. The van der Waals surface area contributed by atoms with Gasteiger partial charge in [0, 0.05) is 17.7 Å². The van der Waals surface area contributed by atoms with Crippen LogP contribution in [-0.4, -0.2) is 52.8 Å². The smallest absolute Gasteiger partial charge is 0.436 e. The predicted molar refractivity (Wildman–Crippen MR) is 121 cm³/mol. The van der Waals surface area contributed by atoms with E-state index in [2.05, 4.69) is 15.7 Å². The normalized spacial score (nSPS) is 13.8. The number of anilines is 2. The van der Waals surface area contributed by atoms with Crippen LogP contribution in [0.1, 0.15) is 42.9 Å². The molecule has 1 atom stereocenters. The zero-order valence-corrected chi connectivity index (χ0v) is 19.0. The topological polar surface area (TPSA) is 112 Å². The number of nitrogens with zero attached hydrogens (tertiary/aromatic N) is 2. The number of carbonyl (C=O) groups is 3. The van der Waals surface area contributed by atoms with Gasteiger partial charge in [0.05, 0.1) is 23.4 Å². The van der Waals surface area contributed by atoms with Gasteiger partial charge in [0.25, 0.3) is 0 Å². The van der Waals surface area contributed by atoms with Gasteiger partial charge in [-0.05, 0) is 37.5 Å². The molecule has 1 heterocycles. The van der Waals surface area contributed by atoms with Crippen molar-refractivity contribution in [3.05, 3.63) is 41.6 Å². The third-order valence-corrected chi connectivity index (χ3v) is 5.12. The lowest BCUT2D eigenvalue weighted by molar-refractivity contribution is -0.117. The van der Waals surface area contributed by atoms with E-state index in [1.54, 1.807) is 37.3 Å². The Balaban J connectivity index is 1.66. The molecular weight excluding hydrogens is 459 g/mol. The number of aromatic nitrogens is 2. The maximum absolute atomic E-state index is 12.8. The highest BCUT2D eigenvalue weighted by Gasteiger charge is 2.29. The van der Waals surface area contributed by atoms with Gasteiger partial charge in [-0.1, -0.05) is 12.1 Å². The fourth-order valence-electron chi connectivity index (χ4n) is 2.92. The highest BCUT2D eigenvalue weighted by molar-refractivity contribution is 6.18. The van der Waals surface area contributed by atoms with Crippen LogP contribution in [-0.2, 0) is 14.3 Å². The van der Waals surface area contributed by atoms with E-state index < -0.39 is 18.1 Å². The van der Waals surface area contributed by atoms with Crippen molar-refractivity contribution in [1.29, 1.82) is 0 Å². The predicted octanol–water partition coefficient (Wildman–Crippen LogP) is 4.51. The number of nitrogens with one attached hydrogen (secondary N) is 2. The van der Waals surface area contributed by atoms with Crippen molar-refractivity contribution < 1.29 is 23.9 Å². The molecule has 0 aliphatic heterocycles. The summed E-state index contributed by atoms with van der Waals surface area (Å²) in [4.78, 5) is 36.8. The molecule has 0 unspecified atom stereocenters. The maximum Gasteiger partial charge on any atom is 0.436 e. The first-order valence-electron chi connectivity index (χ1n) is 10.2. The lowest BCUT2D eigenvalue weighted by Gasteiger charge is -2.14. The van der Waals surface area contributed by atoms with E-state index in [9.17, 15) is 14.4 Å². The molecule has 2 aromatic rings. The number of amides is 2. The fraction of sp³-hybridized carbons (Fsp3) is 0.429. The summed E-state index contributed by atoms with van der Waals surface area (Å²) in [6.45, 7) is 1.89. The first-order valence-corrected chi connectivity index (χ1v) is 11.2. The second kappa shape index (κ2) is 11.2. The van der Waals surface area contributed by atoms with Crippen LogP contribution in [0.2, 0.25) is 0 Å². The largest absolute Gasteiger partial charge is 0.448 e. The molecule has 0 radical (unpaired) electrons. The zero-order valence-electron chi connectivity index (χ0n) is 17.5. The van der Waals surface area contributed by atoms with Crippen molar-refractivity contribution in [1.82, 2.24) is 9.78 Å². The van der Waals surface area contributed by atoms with Crippen LogP contribution in [0.4, 0.5) is 21.1 Å². The summed E-state index contributed by atoms with van der Waals surface area (Å²) in [6, 6.07) is 8.48. The minimum Gasteiger partial charge on any atom is -0.448 e. The number of alkyl halides is 2. The van der Waals surface area contributed by atoms with Crippen LogP contribution in [0.5, 0.6) is 0 Å². The third-order valence-electron chi connectivity index (χ3n) is 4.81. The Bertz CT molecular complexity index is 960. The molecule has 32 heavy (non-hydrogen) atoms. The minimum atomic E-state index is -0.697. The van der Waals surface area contributed by atoms with Gasteiger partial charge in [-0.2, -0.15) is 5.10 Å². The van der Waals surface area contributed by atoms with Gasteiger partial charge in [-0.25, -0.2) is 9.59 Å². The van der Waals surface area contributed by atoms with Crippen LogP contribution in [0.15, 0.2) is 30.3 Å². The molecule has 1 aromatic carbocycles. The van der Waals surface area contributed by atoms with Crippen molar-refractivity contribution in [3.8, 4) is 0 Å². The molecule has 3 rings (SSSR count). The Morgan fingerprint density at radius 3 is 2.38 bits per heavy atom. The van der Waals surface area contributed by atoms with Crippen LogP contribution < -0.4 is 10.6 Å². The molecule has 172 valence electrons. The van der Waals surface area contributed by atoms with Crippen LogP contribution >= 0.6 is 23.2 Å². The van der Waals surface area contributed by atoms with Gasteiger partial charge in [0.1, 0.15) is 19.0 Å². The Morgan fingerprint density at radius 2 is 1.75 bits per heavy atom. The first kappa shape index (κ1) is 23.9. The monoisotopic (exact) mass is 482 g/mol. The summed E-state index contributed by atoms with van der Waals surface area (Å²) in [6.07, 6.45) is 0.691. The molecule has 1 fully saturated rings. The second-order valence-corrected chi connectivity index (χ2v) is 7.98. The van der Waals surface area contributed by atoms with Crippen LogP contribution in [0.3, 0.4) is 0 Å². The van der Waals surface area contributed by atoms with Gasteiger partial charge in [0.2, 0.25) is 5.91 Å². The van der Waals surface area contributed by atoms with E-state index in [-0.39, 0.29) is 36.7 Å². The SMILES string of the molecule is C[C@@H](C(=O)Nc1cc(C2CC2)nn1C(=O)OCCCl)c1ccc(NC(=O)OCCCl)cc1. The highest BCUT2D eigenvalue weighted by atomic mass is 35.5. The summed E-state index contributed by atoms with van der Waals surface area (Å²) in [5, 5.41) is 9.63. The number of hydrogen-bond acceptors (Lipinski definition) is 6. The molecular formula is C21H24Cl2N4O5. The van der Waals surface area contributed by atoms with Crippen molar-refractivity contribution in [2.24, 2.45) is 0 Å². The molecule has 1 aromatic heterocycles. The molecule has 9 nitrogen and oxygen atoms in total. The van der Waals surface area contributed by atoms with Crippen LogP contribution in [0, 0.1) is 0 Å². The Kier molecular flexibility index (Phi) is 8.35.